The predicted molar refractivity (Wildman–Crippen MR) is 136 cm³/mol. The summed E-state index contributed by atoms with van der Waals surface area (Å²) in [6.07, 6.45) is 10.5. The zero-order valence-electron chi connectivity index (χ0n) is 21.0. The average Bonchev–Trinajstić information content (AvgIpc) is 3.56. The minimum atomic E-state index is -0.632. The highest BCUT2D eigenvalue weighted by Gasteiger charge is 2.45. The van der Waals surface area contributed by atoms with Crippen LogP contribution in [0.15, 0.2) is 23.4 Å². The molecule has 0 bridgehead atoms. The Balaban J connectivity index is 1.33. The summed E-state index contributed by atoms with van der Waals surface area (Å²) >= 11 is 0. The zero-order valence-corrected chi connectivity index (χ0v) is 21.0. The second-order valence-corrected chi connectivity index (χ2v) is 10.3. The molecule has 1 aliphatic carbocycles. The number of aryl methyl sites for hydroxylation is 2. The summed E-state index contributed by atoms with van der Waals surface area (Å²) in [7, 11) is 0. The molecule has 0 radical (unpaired) electrons. The molecule has 2 aliphatic heterocycles. The molecule has 2 N–H and O–H groups in total. The monoisotopic (exact) mass is 491 g/mol. The van der Waals surface area contributed by atoms with Crippen molar-refractivity contribution in [1.29, 1.82) is 0 Å². The number of aromatic nitrogens is 4. The van der Waals surface area contributed by atoms with Gasteiger partial charge in [0.2, 0.25) is 0 Å². The van der Waals surface area contributed by atoms with Crippen LogP contribution in [0.3, 0.4) is 0 Å². The number of pyridine rings is 1. The Morgan fingerprint density at radius 1 is 1.11 bits per heavy atom. The minimum Gasteiger partial charge on any atom is -0.490 e. The summed E-state index contributed by atoms with van der Waals surface area (Å²) in [5.74, 6) is 1.13. The summed E-state index contributed by atoms with van der Waals surface area (Å²) in [5.41, 5.74) is 2.46. The number of carbonyl (C=O) groups is 1. The Labute approximate surface area is 209 Å². The number of ether oxygens (including phenoxy) is 1. The molecule has 190 valence electrons. The van der Waals surface area contributed by atoms with Crippen LogP contribution in [0.5, 0.6) is 5.75 Å². The lowest BCUT2D eigenvalue weighted by Crippen LogP contribution is -2.48. The average molecular weight is 492 g/mol. The van der Waals surface area contributed by atoms with E-state index in [1.165, 1.54) is 19.2 Å². The van der Waals surface area contributed by atoms with Crippen molar-refractivity contribution in [2.45, 2.75) is 64.5 Å². The van der Waals surface area contributed by atoms with Gasteiger partial charge in [0.15, 0.2) is 5.82 Å². The van der Waals surface area contributed by atoms with Gasteiger partial charge in [-0.2, -0.15) is 5.10 Å². The quantitative estimate of drug-likeness (QED) is 0.546. The van der Waals surface area contributed by atoms with Crippen LogP contribution in [0.2, 0.25) is 0 Å². The van der Waals surface area contributed by atoms with Crippen LogP contribution in [-0.2, 0) is 5.66 Å². The topological polar surface area (TPSA) is 106 Å². The summed E-state index contributed by atoms with van der Waals surface area (Å²) < 4.78 is 9.54. The number of fused-ring (bicyclic) bond motifs is 3. The van der Waals surface area contributed by atoms with Crippen LogP contribution in [0, 0.1) is 13.8 Å². The lowest BCUT2D eigenvalue weighted by Gasteiger charge is -2.35. The van der Waals surface area contributed by atoms with Gasteiger partial charge >= 0.3 is 0 Å². The van der Waals surface area contributed by atoms with Crippen molar-refractivity contribution < 1.29 is 9.53 Å². The number of nitrogens with zero attached hydrogens (tertiary/aromatic N) is 5. The first-order chi connectivity index (χ1) is 17.5. The van der Waals surface area contributed by atoms with Crippen molar-refractivity contribution in [3.05, 3.63) is 45.8 Å². The van der Waals surface area contributed by atoms with E-state index in [0.717, 1.165) is 74.1 Å². The maximum absolute atomic E-state index is 13.8. The third-order valence-corrected chi connectivity index (χ3v) is 7.96. The van der Waals surface area contributed by atoms with Crippen molar-refractivity contribution in [2.75, 3.05) is 31.6 Å². The molecule has 0 aromatic carbocycles. The molecule has 10 nitrogen and oxygen atoms in total. The van der Waals surface area contributed by atoms with Crippen LogP contribution >= 0.6 is 0 Å². The summed E-state index contributed by atoms with van der Waals surface area (Å²) in [6.45, 7) is 7.65. The first kappa shape index (κ1) is 23.0. The number of nitrogens with one attached hydrogen (secondary N) is 2. The van der Waals surface area contributed by atoms with Gasteiger partial charge in [0.05, 0.1) is 6.20 Å². The standard InChI is InChI=1S/C26H33N7O3/c1-17-14-19(25(35)33-21(17)24(34)30-26(33)8-4-3-5-9-26)29-23-22-18(2)20(15-32(22)28-16-27-23)36-13-12-31-10-6-7-11-31/h14-16H,3-13H2,1-2H3,(H,30,34)(H,27,28,29). The van der Waals surface area contributed by atoms with Gasteiger partial charge in [-0.15, -0.1) is 0 Å². The first-order valence-corrected chi connectivity index (χ1v) is 13.0. The van der Waals surface area contributed by atoms with E-state index in [1.807, 2.05) is 20.0 Å². The van der Waals surface area contributed by atoms with E-state index in [1.54, 1.807) is 15.1 Å². The highest BCUT2D eigenvalue weighted by molar-refractivity contribution is 5.97. The van der Waals surface area contributed by atoms with Gasteiger partial charge in [0.1, 0.15) is 41.2 Å². The molecule has 0 atom stereocenters. The van der Waals surface area contributed by atoms with E-state index < -0.39 is 5.66 Å². The number of hydrogen-bond acceptors (Lipinski definition) is 7. The molecule has 6 rings (SSSR count). The molecule has 1 amide bonds. The molecule has 3 aliphatic rings. The van der Waals surface area contributed by atoms with Crippen molar-refractivity contribution in [2.24, 2.45) is 0 Å². The molecule has 1 saturated heterocycles. The fraction of sp³-hybridized carbons (Fsp3) is 0.538. The normalized spacial score (nSPS) is 19.1. The summed E-state index contributed by atoms with van der Waals surface area (Å²) in [6, 6.07) is 1.75. The third-order valence-electron chi connectivity index (χ3n) is 7.96. The molecule has 1 saturated carbocycles. The van der Waals surface area contributed by atoms with Gasteiger partial charge in [-0.25, -0.2) is 9.50 Å². The number of carbonyl (C=O) groups excluding carboxylic acids is 1. The maximum atomic E-state index is 13.8. The number of amides is 1. The van der Waals surface area contributed by atoms with Crippen LogP contribution in [0.1, 0.15) is 66.6 Å². The smallest absolute Gasteiger partial charge is 0.276 e. The van der Waals surface area contributed by atoms with E-state index in [0.29, 0.717) is 23.8 Å². The molecule has 0 unspecified atom stereocenters. The van der Waals surface area contributed by atoms with E-state index in [9.17, 15) is 9.59 Å². The number of likely N-dealkylation sites (tertiary alicyclic amines) is 1. The zero-order chi connectivity index (χ0) is 24.9. The third kappa shape index (κ3) is 3.75. The van der Waals surface area contributed by atoms with Gasteiger partial charge in [0.25, 0.3) is 11.5 Å². The molecular weight excluding hydrogens is 458 g/mol. The van der Waals surface area contributed by atoms with Gasteiger partial charge in [0, 0.05) is 12.1 Å². The van der Waals surface area contributed by atoms with E-state index in [-0.39, 0.29) is 11.5 Å². The lowest BCUT2D eigenvalue weighted by molar-refractivity contribution is 0.0876. The highest BCUT2D eigenvalue weighted by Crippen LogP contribution is 2.38. The molecule has 2 fully saturated rings. The molecule has 36 heavy (non-hydrogen) atoms. The summed E-state index contributed by atoms with van der Waals surface area (Å²) in [5, 5.41) is 10.8. The lowest BCUT2D eigenvalue weighted by atomic mass is 9.89. The van der Waals surface area contributed by atoms with E-state index in [4.69, 9.17) is 4.74 Å². The SMILES string of the molecule is Cc1cc(Nc2ncnn3cc(OCCN4CCCC4)c(C)c23)c(=O)n2c1C(=O)NC21CCCCC1. The molecule has 1 spiro atoms. The Hall–Kier alpha value is -3.40. The molecule has 10 heteroatoms. The van der Waals surface area contributed by atoms with Crippen molar-refractivity contribution in [3.63, 3.8) is 0 Å². The Bertz CT molecular complexity index is 1380. The summed E-state index contributed by atoms with van der Waals surface area (Å²) in [4.78, 5) is 33.5. The minimum absolute atomic E-state index is 0.166. The highest BCUT2D eigenvalue weighted by atomic mass is 16.5. The fourth-order valence-corrected chi connectivity index (χ4v) is 6.13. The van der Waals surface area contributed by atoms with E-state index in [2.05, 4.69) is 25.6 Å². The Morgan fingerprint density at radius 3 is 2.67 bits per heavy atom. The van der Waals surface area contributed by atoms with Gasteiger partial charge in [-0.05, 0) is 77.1 Å². The van der Waals surface area contributed by atoms with Crippen molar-refractivity contribution in [1.82, 2.24) is 29.4 Å². The van der Waals surface area contributed by atoms with Crippen LogP contribution in [0.25, 0.3) is 5.52 Å². The Morgan fingerprint density at radius 2 is 1.89 bits per heavy atom. The second kappa shape index (κ2) is 8.92. The van der Waals surface area contributed by atoms with Crippen LogP contribution in [-0.4, -0.2) is 56.2 Å². The van der Waals surface area contributed by atoms with Crippen molar-refractivity contribution >= 4 is 22.9 Å². The Kier molecular flexibility index (Phi) is 5.70. The molecule has 3 aromatic rings. The molecule has 5 heterocycles. The van der Waals surface area contributed by atoms with Gasteiger partial charge in [-0.1, -0.05) is 6.42 Å². The van der Waals surface area contributed by atoms with Crippen LogP contribution < -0.4 is 20.9 Å². The number of anilines is 2. The largest absolute Gasteiger partial charge is 0.490 e. The number of hydrogen-bond donors (Lipinski definition) is 2. The molecular formula is C26H33N7O3. The van der Waals surface area contributed by atoms with Gasteiger partial charge in [-0.3, -0.25) is 19.1 Å². The predicted octanol–water partition coefficient (Wildman–Crippen LogP) is 3.09. The maximum Gasteiger partial charge on any atom is 0.276 e. The first-order valence-electron chi connectivity index (χ1n) is 13.0. The van der Waals surface area contributed by atoms with Crippen molar-refractivity contribution in [3.8, 4) is 5.75 Å². The molecule has 3 aromatic heterocycles. The van der Waals surface area contributed by atoms with Crippen LogP contribution in [0.4, 0.5) is 11.5 Å². The number of rotatable bonds is 6. The fourth-order valence-electron chi connectivity index (χ4n) is 6.13. The van der Waals surface area contributed by atoms with E-state index >= 15 is 0 Å². The van der Waals surface area contributed by atoms with Gasteiger partial charge < -0.3 is 15.4 Å². The second-order valence-electron chi connectivity index (χ2n) is 10.3.